The maximum atomic E-state index is 11.9. The first kappa shape index (κ1) is 14.4. The molecule has 0 aromatic carbocycles. The fraction of sp³-hybridized carbons (Fsp3) is 0.250. The van der Waals surface area contributed by atoms with Gasteiger partial charge < -0.3 is 15.4 Å². The van der Waals surface area contributed by atoms with Crippen LogP contribution in [-0.2, 0) is 5.60 Å². The molecule has 0 unspecified atom stereocenters. The Morgan fingerprint density at radius 3 is 2.84 bits per heavy atom. The summed E-state index contributed by atoms with van der Waals surface area (Å²) in [5, 5.41) is 15.3. The lowest BCUT2D eigenvalue weighted by molar-refractivity contribution is 0.0555. The second-order valence-electron chi connectivity index (χ2n) is 4.28. The van der Waals surface area contributed by atoms with Crippen molar-refractivity contribution in [3.8, 4) is 0 Å². The van der Waals surface area contributed by atoms with Crippen LogP contribution in [0.15, 0.2) is 23.6 Å². The number of hydrogen-bond acceptors (Lipinski definition) is 3. The van der Waals surface area contributed by atoms with E-state index in [-0.39, 0.29) is 28.3 Å². The Kier molecular flexibility index (Phi) is 4.20. The number of halogens is 2. The van der Waals surface area contributed by atoms with Gasteiger partial charge >= 0.3 is 0 Å². The van der Waals surface area contributed by atoms with Crippen LogP contribution in [0.3, 0.4) is 0 Å². The molecule has 0 fully saturated rings. The largest absolute Gasteiger partial charge is 0.383 e. The number of aliphatic hydroxyl groups is 1. The minimum atomic E-state index is -1.11. The molecular weight excluding hydrogens is 307 g/mol. The molecule has 102 valence electrons. The van der Waals surface area contributed by atoms with Gasteiger partial charge in [-0.3, -0.25) is 4.79 Å². The Labute approximate surface area is 124 Å². The van der Waals surface area contributed by atoms with Crippen molar-refractivity contribution in [2.24, 2.45) is 0 Å². The van der Waals surface area contributed by atoms with Crippen molar-refractivity contribution in [1.82, 2.24) is 10.3 Å². The number of H-pyrrole nitrogens is 1. The minimum absolute atomic E-state index is 0.0978. The lowest BCUT2D eigenvalue weighted by atomic mass is 10.1. The molecule has 0 aliphatic rings. The third kappa shape index (κ3) is 3.30. The second kappa shape index (κ2) is 5.54. The van der Waals surface area contributed by atoms with Crippen LogP contribution < -0.4 is 5.32 Å². The molecule has 3 N–H and O–H groups in total. The number of aromatic nitrogens is 1. The van der Waals surface area contributed by atoms with Crippen molar-refractivity contribution in [3.05, 3.63) is 44.3 Å². The summed E-state index contributed by atoms with van der Waals surface area (Å²) in [7, 11) is 0. The number of thiophene rings is 1. The quantitative estimate of drug-likeness (QED) is 0.811. The van der Waals surface area contributed by atoms with Crippen LogP contribution in [0.25, 0.3) is 0 Å². The van der Waals surface area contributed by atoms with Crippen LogP contribution in [0.2, 0.25) is 10.2 Å². The normalized spacial score (nSPS) is 14.1. The molecule has 0 saturated carbocycles. The summed E-state index contributed by atoms with van der Waals surface area (Å²) in [6.45, 7) is 1.74. The standard InChI is InChI=1S/C12H12Cl2N2O2S/c1-12(18,9-3-2-4-19-9)6-15-11(17)8-5-7(13)10(14)16-8/h2-5,16,18H,6H2,1H3,(H,15,17)/t12-/m0/s1. The number of carbonyl (C=O) groups is 1. The van der Waals surface area contributed by atoms with E-state index in [0.717, 1.165) is 4.88 Å². The minimum Gasteiger partial charge on any atom is -0.383 e. The maximum Gasteiger partial charge on any atom is 0.267 e. The average molecular weight is 319 g/mol. The van der Waals surface area contributed by atoms with Gasteiger partial charge in [-0.15, -0.1) is 11.3 Å². The summed E-state index contributed by atoms with van der Waals surface area (Å²) in [4.78, 5) is 15.3. The molecular formula is C12H12Cl2N2O2S. The third-order valence-corrected chi connectivity index (χ3v) is 4.43. The van der Waals surface area contributed by atoms with Crippen molar-refractivity contribution in [3.63, 3.8) is 0 Å². The van der Waals surface area contributed by atoms with Crippen molar-refractivity contribution in [1.29, 1.82) is 0 Å². The summed E-state index contributed by atoms with van der Waals surface area (Å²) < 4.78 is 0. The van der Waals surface area contributed by atoms with E-state index in [1.807, 2.05) is 17.5 Å². The van der Waals surface area contributed by atoms with E-state index in [9.17, 15) is 9.90 Å². The Balaban J connectivity index is 2.01. The average Bonchev–Trinajstić information content (AvgIpc) is 2.98. The lowest BCUT2D eigenvalue weighted by Gasteiger charge is -2.22. The summed E-state index contributed by atoms with van der Waals surface area (Å²) in [6.07, 6.45) is 0. The van der Waals surface area contributed by atoms with Crippen LogP contribution in [0.4, 0.5) is 0 Å². The van der Waals surface area contributed by atoms with Gasteiger partial charge in [0.1, 0.15) is 16.4 Å². The topological polar surface area (TPSA) is 65.1 Å². The number of nitrogens with one attached hydrogen (secondary N) is 2. The zero-order valence-electron chi connectivity index (χ0n) is 10.0. The molecule has 0 bridgehead atoms. The van der Waals surface area contributed by atoms with Gasteiger partial charge in [0.2, 0.25) is 0 Å². The van der Waals surface area contributed by atoms with Gasteiger partial charge in [-0.25, -0.2) is 0 Å². The highest BCUT2D eigenvalue weighted by molar-refractivity contribution is 7.10. The van der Waals surface area contributed by atoms with Crippen LogP contribution >= 0.6 is 34.5 Å². The van der Waals surface area contributed by atoms with Crippen molar-refractivity contribution in [2.75, 3.05) is 6.54 Å². The van der Waals surface area contributed by atoms with Crippen LogP contribution in [0.1, 0.15) is 22.3 Å². The molecule has 19 heavy (non-hydrogen) atoms. The number of aromatic amines is 1. The Morgan fingerprint density at radius 2 is 2.32 bits per heavy atom. The Hall–Kier alpha value is -1.01. The molecule has 1 atom stereocenters. The van der Waals surface area contributed by atoms with Crippen molar-refractivity contribution in [2.45, 2.75) is 12.5 Å². The maximum absolute atomic E-state index is 11.9. The molecule has 7 heteroatoms. The van der Waals surface area contributed by atoms with Crippen LogP contribution in [0, 0.1) is 0 Å². The number of hydrogen-bond donors (Lipinski definition) is 3. The summed E-state index contributed by atoms with van der Waals surface area (Å²) in [6, 6.07) is 5.11. The van der Waals surface area contributed by atoms with Crippen molar-refractivity contribution < 1.29 is 9.90 Å². The van der Waals surface area contributed by atoms with Gasteiger partial charge in [0.25, 0.3) is 5.91 Å². The number of carbonyl (C=O) groups excluding carboxylic acids is 1. The molecule has 2 rings (SSSR count). The monoisotopic (exact) mass is 318 g/mol. The number of rotatable bonds is 4. The molecule has 2 aromatic rings. The predicted octanol–water partition coefficient (Wildman–Crippen LogP) is 3.02. The first-order chi connectivity index (χ1) is 8.90. The summed E-state index contributed by atoms with van der Waals surface area (Å²) >= 11 is 12.9. The molecule has 0 aliphatic carbocycles. The van der Waals surface area contributed by atoms with E-state index in [2.05, 4.69) is 10.3 Å². The van der Waals surface area contributed by atoms with Gasteiger partial charge in [0.15, 0.2) is 0 Å². The highest BCUT2D eigenvalue weighted by atomic mass is 35.5. The molecule has 4 nitrogen and oxygen atoms in total. The van der Waals surface area contributed by atoms with E-state index in [1.165, 1.54) is 17.4 Å². The van der Waals surface area contributed by atoms with Gasteiger partial charge in [-0.05, 0) is 24.4 Å². The van der Waals surface area contributed by atoms with E-state index < -0.39 is 5.60 Å². The molecule has 2 heterocycles. The summed E-state index contributed by atoms with van der Waals surface area (Å²) in [5.41, 5.74) is -0.846. The Morgan fingerprint density at radius 1 is 1.58 bits per heavy atom. The fourth-order valence-electron chi connectivity index (χ4n) is 1.55. The number of amides is 1. The molecule has 0 spiro atoms. The van der Waals surface area contributed by atoms with E-state index in [4.69, 9.17) is 23.2 Å². The highest BCUT2D eigenvalue weighted by Gasteiger charge is 2.25. The second-order valence-corrected chi connectivity index (χ2v) is 6.01. The zero-order valence-corrected chi connectivity index (χ0v) is 12.4. The molecule has 0 aliphatic heterocycles. The summed E-state index contributed by atoms with van der Waals surface area (Å²) in [5.74, 6) is -0.370. The van der Waals surface area contributed by atoms with Gasteiger partial charge in [0, 0.05) is 4.88 Å². The lowest BCUT2D eigenvalue weighted by Crippen LogP contribution is -2.38. The molecule has 1 amide bonds. The van der Waals surface area contributed by atoms with Gasteiger partial charge in [-0.1, -0.05) is 29.3 Å². The third-order valence-electron chi connectivity index (χ3n) is 2.61. The molecule has 2 aromatic heterocycles. The van der Waals surface area contributed by atoms with Gasteiger partial charge in [0.05, 0.1) is 11.6 Å². The zero-order chi connectivity index (χ0) is 14.0. The first-order valence-electron chi connectivity index (χ1n) is 5.49. The van der Waals surface area contributed by atoms with Crippen molar-refractivity contribution >= 4 is 40.4 Å². The predicted molar refractivity (Wildman–Crippen MR) is 77.0 cm³/mol. The van der Waals surface area contributed by atoms with Gasteiger partial charge in [-0.2, -0.15) is 0 Å². The fourth-order valence-corrected chi connectivity index (χ4v) is 2.65. The highest BCUT2D eigenvalue weighted by Crippen LogP contribution is 2.25. The van der Waals surface area contributed by atoms with E-state index in [0.29, 0.717) is 0 Å². The first-order valence-corrected chi connectivity index (χ1v) is 7.12. The molecule has 0 radical (unpaired) electrons. The van der Waals surface area contributed by atoms with Crippen LogP contribution in [0.5, 0.6) is 0 Å². The van der Waals surface area contributed by atoms with E-state index >= 15 is 0 Å². The Bertz CT molecular complexity index is 559. The molecule has 0 saturated heterocycles. The SMILES string of the molecule is C[C@](O)(CNC(=O)c1cc(Cl)c(Cl)[nH]1)c1cccs1. The van der Waals surface area contributed by atoms with Crippen LogP contribution in [-0.4, -0.2) is 22.5 Å². The van der Waals surface area contributed by atoms with E-state index in [1.54, 1.807) is 6.92 Å². The smallest absolute Gasteiger partial charge is 0.267 e.